The first kappa shape index (κ1) is 21.3. The van der Waals surface area contributed by atoms with E-state index in [1.165, 1.54) is 5.56 Å². The molecule has 0 aliphatic carbocycles. The Labute approximate surface area is 197 Å². The third kappa shape index (κ3) is 4.52. The molecule has 0 fully saturated rings. The van der Waals surface area contributed by atoms with Crippen molar-refractivity contribution in [3.05, 3.63) is 89.5 Å². The average Bonchev–Trinajstić information content (AvgIpc) is 2.87. The molecule has 1 aliphatic rings. The van der Waals surface area contributed by atoms with E-state index in [9.17, 15) is 0 Å². The molecule has 0 N–H and O–H groups in total. The van der Waals surface area contributed by atoms with Crippen molar-refractivity contribution < 1.29 is 14.2 Å². The molecule has 1 aliphatic heterocycles. The van der Waals surface area contributed by atoms with Crippen LogP contribution in [0.25, 0.3) is 11.4 Å². The number of thioether (sulfide) groups is 1. The maximum absolute atomic E-state index is 6.30. The summed E-state index contributed by atoms with van der Waals surface area (Å²) in [7, 11) is 1.65. The van der Waals surface area contributed by atoms with Crippen LogP contribution in [0, 0.1) is 0 Å². The van der Waals surface area contributed by atoms with E-state index in [0.29, 0.717) is 30.5 Å². The Morgan fingerprint density at radius 3 is 2.52 bits per heavy atom. The van der Waals surface area contributed by atoms with Gasteiger partial charge in [-0.3, -0.25) is 0 Å². The number of benzene rings is 3. The lowest BCUT2D eigenvalue weighted by Crippen LogP contribution is -2.10. The Morgan fingerprint density at radius 1 is 0.939 bits per heavy atom. The summed E-state index contributed by atoms with van der Waals surface area (Å²) >= 11 is 1.71. The summed E-state index contributed by atoms with van der Waals surface area (Å²) in [5.41, 5.74) is 4.24. The van der Waals surface area contributed by atoms with Crippen LogP contribution < -0.4 is 14.2 Å². The number of methoxy groups -OCH3 is 1. The number of fused-ring (bicyclic) bond motifs is 2. The largest absolute Gasteiger partial charge is 0.494 e. The molecule has 0 spiro atoms. The first-order valence-electron chi connectivity index (χ1n) is 10.9. The lowest BCUT2D eigenvalue weighted by molar-refractivity contribution is 0.340. The van der Waals surface area contributed by atoms with E-state index in [4.69, 9.17) is 24.2 Å². The minimum absolute atomic E-state index is 0.585. The van der Waals surface area contributed by atoms with Crippen LogP contribution >= 0.6 is 11.8 Å². The maximum Gasteiger partial charge on any atom is 0.227 e. The highest BCUT2D eigenvalue weighted by molar-refractivity contribution is 7.98. The Kier molecular flexibility index (Phi) is 6.17. The van der Waals surface area contributed by atoms with Gasteiger partial charge in [-0.15, -0.1) is 11.8 Å². The fourth-order valence-corrected chi connectivity index (χ4v) is 4.77. The molecular formula is C27H24N2O3S. The molecule has 5 rings (SSSR count). The second-order valence-electron chi connectivity index (χ2n) is 7.60. The van der Waals surface area contributed by atoms with Gasteiger partial charge in [-0.2, -0.15) is 4.98 Å². The molecule has 0 saturated carbocycles. The second kappa shape index (κ2) is 9.55. The zero-order chi connectivity index (χ0) is 22.6. The Balaban J connectivity index is 1.54. The van der Waals surface area contributed by atoms with Gasteiger partial charge in [0.1, 0.15) is 10.8 Å². The predicted molar refractivity (Wildman–Crippen MR) is 131 cm³/mol. The quantitative estimate of drug-likeness (QED) is 0.205. The molecule has 0 unspecified atom stereocenters. The minimum atomic E-state index is 0.585. The number of aromatic nitrogens is 2. The van der Waals surface area contributed by atoms with E-state index in [2.05, 4.69) is 30.3 Å². The van der Waals surface area contributed by atoms with Crippen LogP contribution in [-0.4, -0.2) is 23.7 Å². The highest BCUT2D eigenvalue weighted by atomic mass is 32.2. The van der Waals surface area contributed by atoms with Gasteiger partial charge >= 0.3 is 0 Å². The van der Waals surface area contributed by atoms with Crippen molar-refractivity contribution in [3.8, 4) is 34.5 Å². The first-order valence-corrected chi connectivity index (χ1v) is 11.9. The van der Waals surface area contributed by atoms with Gasteiger partial charge in [0, 0.05) is 23.3 Å². The molecule has 0 radical (unpaired) electrons. The molecule has 4 aromatic rings. The van der Waals surface area contributed by atoms with Crippen molar-refractivity contribution in [2.45, 2.75) is 24.1 Å². The van der Waals surface area contributed by atoms with Crippen LogP contribution in [0.2, 0.25) is 0 Å². The van der Waals surface area contributed by atoms with Crippen molar-refractivity contribution in [3.63, 3.8) is 0 Å². The van der Waals surface area contributed by atoms with E-state index in [0.717, 1.165) is 39.0 Å². The second-order valence-corrected chi connectivity index (χ2v) is 8.56. The molecule has 1 aromatic heterocycles. The molecule has 0 saturated heterocycles. The standard InChI is InChI=1S/C27H24N2O3S/c1-3-31-21-14-12-19(13-15-21)25-28-26-22(16-20-10-7-11-23(30-2)24(20)32-26)27(29-25)33-17-18-8-5-4-6-9-18/h4-15H,3,16-17H2,1-2H3. The summed E-state index contributed by atoms with van der Waals surface area (Å²) in [4.78, 5) is 9.77. The van der Waals surface area contributed by atoms with Crippen molar-refractivity contribution in [1.29, 1.82) is 0 Å². The fraction of sp³-hybridized carbons (Fsp3) is 0.185. The normalized spacial score (nSPS) is 11.8. The lowest BCUT2D eigenvalue weighted by Gasteiger charge is -2.23. The fourth-order valence-electron chi connectivity index (χ4n) is 3.78. The zero-order valence-electron chi connectivity index (χ0n) is 18.6. The SMILES string of the molecule is CCOc1ccc(-c2nc3c(c(SCc4ccccc4)n2)Cc2cccc(OC)c2O3)cc1. The number of hydrogen-bond donors (Lipinski definition) is 0. The molecule has 6 heteroatoms. The molecule has 0 atom stereocenters. The number of hydrogen-bond acceptors (Lipinski definition) is 6. The molecule has 3 aromatic carbocycles. The van der Waals surface area contributed by atoms with Crippen molar-refractivity contribution in [1.82, 2.24) is 9.97 Å². The van der Waals surface area contributed by atoms with E-state index in [1.807, 2.05) is 49.4 Å². The summed E-state index contributed by atoms with van der Waals surface area (Å²) in [5, 5.41) is 0.932. The van der Waals surface area contributed by atoms with Crippen LogP contribution in [0.15, 0.2) is 77.8 Å². The predicted octanol–water partition coefficient (Wildman–Crippen LogP) is 6.54. The van der Waals surface area contributed by atoms with Gasteiger partial charge in [0.15, 0.2) is 17.3 Å². The summed E-state index contributed by atoms with van der Waals surface area (Å²) in [6, 6.07) is 24.2. The van der Waals surface area contributed by atoms with Gasteiger partial charge in [0.2, 0.25) is 5.88 Å². The van der Waals surface area contributed by atoms with Crippen molar-refractivity contribution in [2.24, 2.45) is 0 Å². The third-order valence-electron chi connectivity index (χ3n) is 5.42. The van der Waals surface area contributed by atoms with Gasteiger partial charge in [-0.05, 0) is 42.8 Å². The highest BCUT2D eigenvalue weighted by Crippen LogP contribution is 2.44. The summed E-state index contributed by atoms with van der Waals surface area (Å²) in [6.45, 7) is 2.60. The molecule has 5 nitrogen and oxygen atoms in total. The smallest absolute Gasteiger partial charge is 0.227 e. The van der Waals surface area contributed by atoms with Crippen LogP contribution in [0.4, 0.5) is 0 Å². The van der Waals surface area contributed by atoms with E-state index >= 15 is 0 Å². The van der Waals surface area contributed by atoms with E-state index < -0.39 is 0 Å². The molecular weight excluding hydrogens is 432 g/mol. The number of ether oxygens (including phenoxy) is 3. The summed E-state index contributed by atoms with van der Waals surface area (Å²) in [6.07, 6.45) is 0.697. The van der Waals surface area contributed by atoms with Crippen LogP contribution in [0.1, 0.15) is 23.6 Å². The monoisotopic (exact) mass is 456 g/mol. The lowest BCUT2D eigenvalue weighted by atomic mass is 10.0. The minimum Gasteiger partial charge on any atom is -0.494 e. The van der Waals surface area contributed by atoms with Crippen LogP contribution in [0.5, 0.6) is 23.1 Å². The molecule has 33 heavy (non-hydrogen) atoms. The van der Waals surface area contributed by atoms with Crippen LogP contribution in [0.3, 0.4) is 0 Å². The number of rotatable bonds is 7. The van der Waals surface area contributed by atoms with Crippen LogP contribution in [-0.2, 0) is 12.2 Å². The summed E-state index contributed by atoms with van der Waals surface area (Å²) < 4.78 is 17.4. The zero-order valence-corrected chi connectivity index (χ0v) is 19.4. The number of para-hydroxylation sites is 1. The molecule has 2 heterocycles. The van der Waals surface area contributed by atoms with Gasteiger partial charge in [-0.1, -0.05) is 42.5 Å². The maximum atomic E-state index is 6.30. The third-order valence-corrected chi connectivity index (χ3v) is 6.51. The van der Waals surface area contributed by atoms with Gasteiger partial charge in [0.25, 0.3) is 0 Å². The first-order chi connectivity index (χ1) is 16.2. The summed E-state index contributed by atoms with van der Waals surface area (Å²) in [5.74, 6) is 4.29. The molecule has 0 bridgehead atoms. The Bertz CT molecular complexity index is 1260. The van der Waals surface area contributed by atoms with Gasteiger partial charge in [-0.25, -0.2) is 4.98 Å². The topological polar surface area (TPSA) is 53.5 Å². The van der Waals surface area contributed by atoms with Crippen molar-refractivity contribution in [2.75, 3.05) is 13.7 Å². The van der Waals surface area contributed by atoms with E-state index in [-0.39, 0.29) is 0 Å². The molecule has 0 amide bonds. The highest BCUT2D eigenvalue weighted by Gasteiger charge is 2.26. The Morgan fingerprint density at radius 2 is 1.76 bits per heavy atom. The van der Waals surface area contributed by atoms with Gasteiger partial charge in [0.05, 0.1) is 19.3 Å². The number of nitrogens with zero attached hydrogens (tertiary/aromatic N) is 2. The Hall–Kier alpha value is -3.51. The van der Waals surface area contributed by atoms with Gasteiger partial charge < -0.3 is 14.2 Å². The van der Waals surface area contributed by atoms with E-state index in [1.54, 1.807) is 18.9 Å². The average molecular weight is 457 g/mol. The van der Waals surface area contributed by atoms with Crippen molar-refractivity contribution >= 4 is 11.8 Å². The molecule has 166 valence electrons.